The van der Waals surface area contributed by atoms with Crippen molar-refractivity contribution in [2.24, 2.45) is 0 Å². The second-order valence-corrected chi connectivity index (χ2v) is 4.17. The van der Waals surface area contributed by atoms with Gasteiger partial charge in [-0.1, -0.05) is 25.1 Å². The van der Waals surface area contributed by atoms with Crippen LogP contribution in [0, 0.1) is 0 Å². The third-order valence-corrected chi connectivity index (χ3v) is 2.47. The molecule has 0 aliphatic rings. The summed E-state index contributed by atoms with van der Waals surface area (Å²) in [4.78, 5) is 22.8. The molecule has 0 fully saturated rings. The summed E-state index contributed by atoms with van der Waals surface area (Å²) in [6.45, 7) is 3.26. The normalized spacial score (nSPS) is 9.25. The average Bonchev–Trinajstić information content (AvgIpc) is 2.44. The Morgan fingerprint density at radius 3 is 2.30 bits per heavy atom. The Morgan fingerprint density at radius 1 is 1.00 bits per heavy atom. The summed E-state index contributed by atoms with van der Waals surface area (Å²) in [7, 11) is 0. The van der Waals surface area contributed by atoms with E-state index in [1.165, 1.54) is 0 Å². The predicted octanol–water partition coefficient (Wildman–Crippen LogP) is 1.55. The van der Waals surface area contributed by atoms with Crippen LogP contribution in [0.1, 0.15) is 19.8 Å². The molecule has 3 N–H and O–H groups in total. The lowest BCUT2D eigenvalue weighted by Gasteiger charge is -2.07. The standard InChI is InChI=1S/C14H21N3O2.ClH/c1-2-9-15-13(18)8-10-16-14(19)11-17-12-6-4-3-5-7-12;/h3-7,17H,2,8-11H2,1H3,(H,15,18)(H,16,19);1H. The summed E-state index contributed by atoms with van der Waals surface area (Å²) in [6.07, 6.45) is 1.23. The molecule has 0 saturated carbocycles. The van der Waals surface area contributed by atoms with Crippen LogP contribution in [0.3, 0.4) is 0 Å². The van der Waals surface area contributed by atoms with Crippen LogP contribution in [-0.2, 0) is 9.59 Å². The van der Waals surface area contributed by atoms with Gasteiger partial charge in [0.2, 0.25) is 11.8 Å². The van der Waals surface area contributed by atoms with E-state index in [1.807, 2.05) is 37.3 Å². The van der Waals surface area contributed by atoms with E-state index < -0.39 is 0 Å². The zero-order valence-electron chi connectivity index (χ0n) is 11.6. The SMILES string of the molecule is CCCNC(=O)CCNC(=O)CNc1ccccc1.Cl. The number of hydrogen-bond donors (Lipinski definition) is 3. The molecule has 0 aliphatic heterocycles. The Bertz CT molecular complexity index is 399. The first-order valence-corrected chi connectivity index (χ1v) is 6.54. The van der Waals surface area contributed by atoms with Crippen LogP contribution in [-0.4, -0.2) is 31.4 Å². The van der Waals surface area contributed by atoms with Gasteiger partial charge in [-0.05, 0) is 18.6 Å². The third-order valence-electron chi connectivity index (χ3n) is 2.47. The molecule has 0 unspecified atom stereocenters. The van der Waals surface area contributed by atoms with E-state index in [2.05, 4.69) is 16.0 Å². The van der Waals surface area contributed by atoms with Gasteiger partial charge in [0.1, 0.15) is 0 Å². The largest absolute Gasteiger partial charge is 0.376 e. The van der Waals surface area contributed by atoms with Gasteiger partial charge in [-0.25, -0.2) is 0 Å². The maximum atomic E-state index is 11.5. The average molecular weight is 300 g/mol. The number of carbonyl (C=O) groups excluding carboxylic acids is 2. The van der Waals surface area contributed by atoms with Crippen molar-refractivity contribution >= 4 is 29.9 Å². The second-order valence-electron chi connectivity index (χ2n) is 4.17. The molecule has 0 bridgehead atoms. The van der Waals surface area contributed by atoms with Gasteiger partial charge in [0, 0.05) is 25.2 Å². The van der Waals surface area contributed by atoms with Crippen LogP contribution < -0.4 is 16.0 Å². The number of benzene rings is 1. The van der Waals surface area contributed by atoms with Gasteiger partial charge in [0.25, 0.3) is 0 Å². The summed E-state index contributed by atoms with van der Waals surface area (Å²) >= 11 is 0. The van der Waals surface area contributed by atoms with Crippen molar-refractivity contribution in [2.75, 3.05) is 25.0 Å². The Kier molecular flexibility index (Phi) is 10.1. The minimum Gasteiger partial charge on any atom is -0.376 e. The van der Waals surface area contributed by atoms with Crippen molar-refractivity contribution in [3.05, 3.63) is 30.3 Å². The molecule has 20 heavy (non-hydrogen) atoms. The number of nitrogens with one attached hydrogen (secondary N) is 3. The van der Waals surface area contributed by atoms with Crippen molar-refractivity contribution in [3.8, 4) is 0 Å². The molecule has 112 valence electrons. The molecule has 0 aromatic heterocycles. The number of halogens is 1. The lowest BCUT2D eigenvalue weighted by Crippen LogP contribution is -2.34. The van der Waals surface area contributed by atoms with Gasteiger partial charge in [0.05, 0.1) is 6.54 Å². The maximum absolute atomic E-state index is 11.5. The second kappa shape index (κ2) is 11.1. The Balaban J connectivity index is 0.00000361. The highest BCUT2D eigenvalue weighted by Crippen LogP contribution is 2.03. The van der Waals surface area contributed by atoms with E-state index in [4.69, 9.17) is 0 Å². The summed E-state index contributed by atoms with van der Waals surface area (Å²) in [6, 6.07) is 9.51. The first kappa shape index (κ1) is 18.2. The predicted molar refractivity (Wildman–Crippen MR) is 83.1 cm³/mol. The van der Waals surface area contributed by atoms with Gasteiger partial charge in [-0.15, -0.1) is 12.4 Å². The van der Waals surface area contributed by atoms with Crippen molar-refractivity contribution in [1.29, 1.82) is 0 Å². The van der Waals surface area contributed by atoms with Crippen molar-refractivity contribution < 1.29 is 9.59 Å². The van der Waals surface area contributed by atoms with Crippen LogP contribution in [0.4, 0.5) is 5.69 Å². The first-order chi connectivity index (χ1) is 9.22. The molecule has 0 aliphatic carbocycles. The maximum Gasteiger partial charge on any atom is 0.239 e. The Hall–Kier alpha value is -1.75. The molecule has 2 amide bonds. The molecule has 6 heteroatoms. The molecule has 1 rings (SSSR count). The van der Waals surface area contributed by atoms with Gasteiger partial charge >= 0.3 is 0 Å². The Labute approximate surface area is 125 Å². The number of rotatable bonds is 8. The lowest BCUT2D eigenvalue weighted by molar-refractivity contribution is -0.121. The molecule has 0 heterocycles. The summed E-state index contributed by atoms with van der Waals surface area (Å²) < 4.78 is 0. The zero-order chi connectivity index (χ0) is 13.9. The minimum atomic E-state index is -0.118. The molecule has 0 atom stereocenters. The van der Waals surface area contributed by atoms with Gasteiger partial charge < -0.3 is 16.0 Å². The van der Waals surface area contributed by atoms with Crippen molar-refractivity contribution in [3.63, 3.8) is 0 Å². The zero-order valence-corrected chi connectivity index (χ0v) is 12.5. The van der Waals surface area contributed by atoms with Gasteiger partial charge in [-0.2, -0.15) is 0 Å². The number of carbonyl (C=O) groups is 2. The van der Waals surface area contributed by atoms with E-state index in [9.17, 15) is 9.59 Å². The van der Waals surface area contributed by atoms with Crippen LogP contribution in [0.15, 0.2) is 30.3 Å². The smallest absolute Gasteiger partial charge is 0.239 e. The van der Waals surface area contributed by atoms with E-state index >= 15 is 0 Å². The van der Waals surface area contributed by atoms with E-state index in [1.54, 1.807) is 0 Å². The number of hydrogen-bond acceptors (Lipinski definition) is 3. The van der Waals surface area contributed by atoms with Crippen molar-refractivity contribution in [1.82, 2.24) is 10.6 Å². The fourth-order valence-electron chi connectivity index (χ4n) is 1.47. The highest BCUT2D eigenvalue weighted by Gasteiger charge is 2.03. The molecule has 0 spiro atoms. The molecule has 0 saturated heterocycles. The fourth-order valence-corrected chi connectivity index (χ4v) is 1.47. The summed E-state index contributed by atoms with van der Waals surface area (Å²) in [5.41, 5.74) is 0.901. The van der Waals surface area contributed by atoms with E-state index in [0.717, 1.165) is 12.1 Å². The number of para-hydroxylation sites is 1. The first-order valence-electron chi connectivity index (χ1n) is 6.54. The summed E-state index contributed by atoms with van der Waals surface area (Å²) in [5.74, 6) is -0.148. The van der Waals surface area contributed by atoms with Gasteiger partial charge in [0.15, 0.2) is 0 Å². The highest BCUT2D eigenvalue weighted by molar-refractivity contribution is 5.85. The van der Waals surface area contributed by atoms with Crippen LogP contribution in [0.25, 0.3) is 0 Å². The van der Waals surface area contributed by atoms with Crippen LogP contribution in [0.2, 0.25) is 0 Å². The quantitative estimate of drug-likeness (QED) is 0.682. The highest BCUT2D eigenvalue weighted by atomic mass is 35.5. The fraction of sp³-hybridized carbons (Fsp3) is 0.429. The van der Waals surface area contributed by atoms with Gasteiger partial charge in [-0.3, -0.25) is 9.59 Å². The monoisotopic (exact) mass is 299 g/mol. The molecule has 1 aromatic rings. The minimum absolute atomic E-state index is 0. The van der Waals surface area contributed by atoms with E-state index in [-0.39, 0.29) is 30.8 Å². The summed E-state index contributed by atoms with van der Waals surface area (Å²) in [5, 5.41) is 8.46. The third kappa shape index (κ3) is 8.37. The molecule has 0 radical (unpaired) electrons. The lowest BCUT2D eigenvalue weighted by atomic mass is 10.3. The molecule has 5 nitrogen and oxygen atoms in total. The van der Waals surface area contributed by atoms with Crippen molar-refractivity contribution in [2.45, 2.75) is 19.8 Å². The van der Waals surface area contributed by atoms with E-state index in [0.29, 0.717) is 19.5 Å². The Morgan fingerprint density at radius 2 is 1.65 bits per heavy atom. The number of anilines is 1. The molecular formula is C14H22ClN3O2. The molecule has 1 aromatic carbocycles. The van der Waals surface area contributed by atoms with Crippen LogP contribution >= 0.6 is 12.4 Å². The topological polar surface area (TPSA) is 70.2 Å². The van der Waals surface area contributed by atoms with Crippen LogP contribution in [0.5, 0.6) is 0 Å². The molecular weight excluding hydrogens is 278 g/mol. The number of amides is 2.